The third kappa shape index (κ3) is 3.11. The molecule has 5 nitrogen and oxygen atoms in total. The first-order valence-corrected chi connectivity index (χ1v) is 10.6. The Hall–Kier alpha value is -4.09. The first-order valence-electron chi connectivity index (χ1n) is 10.3. The highest BCUT2D eigenvalue weighted by atomic mass is 35.5. The molecule has 0 fully saturated rings. The van der Waals surface area contributed by atoms with Crippen LogP contribution < -0.4 is 10.1 Å². The standard InChI is InChI=1S/C26H17ClN5/c27-20-12-4-8-16-24(20)29-26-19-11-3-7-15-23(19)30-32(31-26)25-17-9-1-5-13-21(17)28-22-14-6-2-10-18(22)25/h1-16H,(H,29,30,31)/q+1. The van der Waals surface area contributed by atoms with Gasteiger partial charge < -0.3 is 5.32 Å². The number of pyridine rings is 1. The van der Waals surface area contributed by atoms with E-state index in [1.165, 1.54) is 0 Å². The van der Waals surface area contributed by atoms with Gasteiger partial charge in [-0.3, -0.25) is 0 Å². The third-order valence-corrected chi connectivity index (χ3v) is 5.77. The zero-order valence-electron chi connectivity index (χ0n) is 16.9. The van der Waals surface area contributed by atoms with Crippen LogP contribution in [0.5, 0.6) is 0 Å². The van der Waals surface area contributed by atoms with Crippen molar-refractivity contribution in [3.05, 3.63) is 102 Å². The van der Waals surface area contributed by atoms with Crippen LogP contribution in [0.4, 0.5) is 11.5 Å². The van der Waals surface area contributed by atoms with Gasteiger partial charge in [-0.2, -0.15) is 0 Å². The van der Waals surface area contributed by atoms with Crippen LogP contribution in [0.25, 0.3) is 38.4 Å². The molecule has 0 radical (unpaired) electrons. The molecule has 0 unspecified atom stereocenters. The molecule has 0 saturated carbocycles. The Kier molecular flexibility index (Phi) is 4.40. The molecule has 0 amide bonds. The number of para-hydroxylation sites is 3. The number of hydrogen-bond donors (Lipinski definition) is 1. The van der Waals surface area contributed by atoms with E-state index in [9.17, 15) is 0 Å². The van der Waals surface area contributed by atoms with Gasteiger partial charge in [0.2, 0.25) is 5.82 Å². The van der Waals surface area contributed by atoms with E-state index >= 15 is 0 Å². The number of hydrogen-bond acceptors (Lipinski definition) is 4. The highest BCUT2D eigenvalue weighted by Gasteiger charge is 2.24. The molecule has 0 bridgehead atoms. The van der Waals surface area contributed by atoms with Crippen molar-refractivity contribution in [1.29, 1.82) is 0 Å². The number of halogens is 1. The lowest BCUT2D eigenvalue weighted by atomic mass is 10.1. The van der Waals surface area contributed by atoms with Crippen molar-refractivity contribution in [2.75, 3.05) is 5.32 Å². The van der Waals surface area contributed by atoms with Crippen LogP contribution in [0.15, 0.2) is 97.1 Å². The van der Waals surface area contributed by atoms with Crippen LogP contribution in [0.3, 0.4) is 0 Å². The van der Waals surface area contributed by atoms with E-state index in [0.717, 1.165) is 44.1 Å². The predicted octanol–water partition coefficient (Wildman–Crippen LogP) is 6.00. The summed E-state index contributed by atoms with van der Waals surface area (Å²) in [7, 11) is 0. The van der Waals surface area contributed by atoms with Gasteiger partial charge in [-0.25, -0.2) is 4.98 Å². The lowest BCUT2D eigenvalue weighted by molar-refractivity contribution is -0.713. The molecular weight excluding hydrogens is 418 g/mol. The summed E-state index contributed by atoms with van der Waals surface area (Å²) in [6.45, 7) is 0. The molecule has 2 heterocycles. The largest absolute Gasteiger partial charge is 0.333 e. The Balaban J connectivity index is 1.67. The van der Waals surface area contributed by atoms with E-state index in [0.29, 0.717) is 10.8 Å². The predicted molar refractivity (Wildman–Crippen MR) is 129 cm³/mol. The van der Waals surface area contributed by atoms with Crippen molar-refractivity contribution in [3.63, 3.8) is 0 Å². The minimum Gasteiger partial charge on any atom is -0.333 e. The lowest BCUT2D eigenvalue weighted by Crippen LogP contribution is -2.40. The fraction of sp³-hybridized carbons (Fsp3) is 0. The topological polar surface area (TPSA) is 54.6 Å². The average molecular weight is 435 g/mol. The Morgan fingerprint density at radius 2 is 1.16 bits per heavy atom. The maximum absolute atomic E-state index is 6.42. The number of rotatable bonds is 3. The number of fused-ring (bicyclic) bond motifs is 3. The summed E-state index contributed by atoms with van der Waals surface area (Å²) in [4.78, 5) is 6.53. The molecule has 6 aromatic rings. The Morgan fingerprint density at radius 1 is 0.594 bits per heavy atom. The van der Waals surface area contributed by atoms with E-state index in [4.69, 9.17) is 26.8 Å². The van der Waals surface area contributed by atoms with Gasteiger partial charge in [0.25, 0.3) is 5.69 Å². The first-order chi connectivity index (χ1) is 15.8. The minimum absolute atomic E-state index is 0.626. The molecule has 0 saturated heterocycles. The molecule has 1 N–H and O–H groups in total. The zero-order chi connectivity index (χ0) is 21.5. The summed E-state index contributed by atoms with van der Waals surface area (Å²) in [6, 6.07) is 31.7. The smallest absolute Gasteiger partial charge is 0.287 e. The van der Waals surface area contributed by atoms with Crippen LogP contribution in [0, 0.1) is 0 Å². The Labute approximate surface area is 188 Å². The van der Waals surface area contributed by atoms with Crippen molar-refractivity contribution in [2.45, 2.75) is 0 Å². The molecule has 2 aromatic heterocycles. The molecule has 0 aliphatic rings. The zero-order valence-corrected chi connectivity index (χ0v) is 17.7. The first kappa shape index (κ1) is 18.7. The van der Waals surface area contributed by atoms with Crippen LogP contribution in [0.2, 0.25) is 5.02 Å². The molecule has 6 heteroatoms. The fourth-order valence-electron chi connectivity index (χ4n) is 3.95. The van der Waals surface area contributed by atoms with Gasteiger partial charge in [0.15, 0.2) is 0 Å². The summed E-state index contributed by atoms with van der Waals surface area (Å²) in [5.74, 6) is 0.675. The van der Waals surface area contributed by atoms with E-state index in [-0.39, 0.29) is 0 Å². The second-order valence-corrected chi connectivity index (χ2v) is 7.86. The Morgan fingerprint density at radius 3 is 1.84 bits per heavy atom. The van der Waals surface area contributed by atoms with Crippen molar-refractivity contribution < 1.29 is 4.80 Å². The van der Waals surface area contributed by atoms with Crippen molar-refractivity contribution in [3.8, 4) is 5.69 Å². The van der Waals surface area contributed by atoms with E-state index < -0.39 is 0 Å². The summed E-state index contributed by atoms with van der Waals surface area (Å²) in [5.41, 5.74) is 4.28. The summed E-state index contributed by atoms with van der Waals surface area (Å²) < 4.78 is 0. The molecule has 0 atom stereocenters. The number of nitrogens with zero attached hydrogens (tertiary/aromatic N) is 4. The van der Waals surface area contributed by atoms with Crippen molar-refractivity contribution >= 4 is 55.8 Å². The molecule has 0 spiro atoms. The normalized spacial score (nSPS) is 11.3. The summed E-state index contributed by atoms with van der Waals surface area (Å²) in [6.07, 6.45) is 0. The molecule has 6 rings (SSSR count). The summed E-state index contributed by atoms with van der Waals surface area (Å²) in [5, 5.41) is 16.7. The van der Waals surface area contributed by atoms with Crippen LogP contribution >= 0.6 is 11.6 Å². The van der Waals surface area contributed by atoms with E-state index in [1.54, 1.807) is 4.80 Å². The summed E-state index contributed by atoms with van der Waals surface area (Å²) >= 11 is 6.42. The second-order valence-electron chi connectivity index (χ2n) is 7.45. The Bertz CT molecular complexity index is 1580. The van der Waals surface area contributed by atoms with Crippen molar-refractivity contribution in [1.82, 2.24) is 15.2 Å². The SMILES string of the molecule is Clc1ccccc1Nc1n[n+](-c2c3ccccc3nc3ccccc23)nc2ccccc12. The monoisotopic (exact) mass is 434 g/mol. The molecule has 152 valence electrons. The molecular formula is C26H17ClN5+. The lowest BCUT2D eigenvalue weighted by Gasteiger charge is -2.09. The van der Waals surface area contributed by atoms with Crippen molar-refractivity contribution in [2.24, 2.45) is 0 Å². The van der Waals surface area contributed by atoms with Gasteiger partial charge in [-0.15, -0.1) is 0 Å². The molecule has 4 aromatic carbocycles. The highest BCUT2D eigenvalue weighted by Crippen LogP contribution is 2.29. The quantitative estimate of drug-likeness (QED) is 0.274. The fourth-order valence-corrected chi connectivity index (χ4v) is 4.13. The van der Waals surface area contributed by atoms with Gasteiger partial charge in [0.05, 0.1) is 47.8 Å². The third-order valence-electron chi connectivity index (χ3n) is 5.44. The molecule has 0 aliphatic heterocycles. The maximum atomic E-state index is 6.42. The van der Waals surface area contributed by atoms with Gasteiger partial charge in [-0.05, 0) is 48.5 Å². The highest BCUT2D eigenvalue weighted by molar-refractivity contribution is 6.33. The van der Waals surface area contributed by atoms with Gasteiger partial charge in [0, 0.05) is 5.10 Å². The molecule has 0 aliphatic carbocycles. The average Bonchev–Trinajstić information content (AvgIpc) is 2.84. The number of aromatic nitrogens is 4. The second kappa shape index (κ2) is 7.55. The molecule has 32 heavy (non-hydrogen) atoms. The number of nitrogens with one attached hydrogen (secondary N) is 1. The van der Waals surface area contributed by atoms with Gasteiger partial charge in [-0.1, -0.05) is 60.1 Å². The van der Waals surface area contributed by atoms with Gasteiger partial charge in [0.1, 0.15) is 5.52 Å². The minimum atomic E-state index is 0.626. The maximum Gasteiger partial charge on any atom is 0.287 e. The van der Waals surface area contributed by atoms with Crippen LogP contribution in [0.1, 0.15) is 0 Å². The number of benzene rings is 4. The van der Waals surface area contributed by atoms with Gasteiger partial charge >= 0.3 is 0 Å². The van der Waals surface area contributed by atoms with E-state index in [2.05, 4.69) is 17.4 Å². The number of anilines is 2. The van der Waals surface area contributed by atoms with E-state index in [1.807, 2.05) is 84.9 Å². The van der Waals surface area contributed by atoms with Crippen LogP contribution in [-0.2, 0) is 0 Å². The van der Waals surface area contributed by atoms with Crippen LogP contribution in [-0.4, -0.2) is 15.2 Å².